The van der Waals surface area contributed by atoms with Crippen LogP contribution in [0.5, 0.6) is 0 Å². The second-order valence-electron chi connectivity index (χ2n) is 5.35. The normalized spacial score (nSPS) is 20.4. The van der Waals surface area contributed by atoms with Crippen molar-refractivity contribution in [1.29, 1.82) is 0 Å². The van der Waals surface area contributed by atoms with Gasteiger partial charge in [-0.1, -0.05) is 42.5 Å². The molecule has 6 heteroatoms. The van der Waals surface area contributed by atoms with Crippen LogP contribution in [0.2, 0.25) is 0 Å². The van der Waals surface area contributed by atoms with Gasteiger partial charge in [-0.25, -0.2) is 10.9 Å². The van der Waals surface area contributed by atoms with Gasteiger partial charge in [0.1, 0.15) is 6.04 Å². The van der Waals surface area contributed by atoms with Crippen molar-refractivity contribution in [2.45, 2.75) is 23.5 Å². The first kappa shape index (κ1) is 16.0. The number of nitrogens with one attached hydrogen (secondary N) is 4. The van der Waals surface area contributed by atoms with Crippen molar-refractivity contribution in [3.05, 3.63) is 65.7 Å². The summed E-state index contributed by atoms with van der Waals surface area (Å²) in [5.41, 5.74) is 11.1. The predicted molar refractivity (Wildman–Crippen MR) is 92.4 cm³/mol. The molecule has 0 aliphatic carbocycles. The fourth-order valence-electron chi connectivity index (χ4n) is 2.56. The summed E-state index contributed by atoms with van der Waals surface area (Å²) in [4.78, 5) is 13.7. The van der Waals surface area contributed by atoms with Crippen LogP contribution in [-0.4, -0.2) is 18.2 Å². The van der Waals surface area contributed by atoms with Crippen molar-refractivity contribution < 1.29 is 4.79 Å². The lowest BCUT2D eigenvalue weighted by Gasteiger charge is -2.18. The average molecular weight is 328 g/mol. The number of carbonyl (C=O) groups is 1. The van der Waals surface area contributed by atoms with Crippen LogP contribution in [0.15, 0.2) is 59.5 Å². The number of carbonyl (C=O) groups excluding carboxylic acids is 1. The highest BCUT2D eigenvalue weighted by Crippen LogP contribution is 2.19. The zero-order valence-electron chi connectivity index (χ0n) is 12.9. The van der Waals surface area contributed by atoms with E-state index in [2.05, 4.69) is 33.8 Å². The van der Waals surface area contributed by atoms with E-state index < -0.39 is 0 Å². The van der Waals surface area contributed by atoms with E-state index in [0.717, 1.165) is 11.1 Å². The Hall–Kier alpha value is -1.86. The van der Waals surface area contributed by atoms with E-state index in [9.17, 15) is 4.79 Å². The minimum Gasteiger partial charge on any atom is -0.351 e. The minimum absolute atomic E-state index is 0.0368. The molecule has 0 saturated carbocycles. The standard InChI is InChI=1S/C17H20N4OS/c1-23-14-9-7-12(8-10-14)11-18-17(22)16-15(19-21-20-16)13-5-3-2-4-6-13/h2-10,15-16,19-21H,11H2,1H3,(H,18,22). The third-order valence-corrected chi connectivity index (χ3v) is 4.60. The van der Waals surface area contributed by atoms with Gasteiger partial charge < -0.3 is 5.32 Å². The SMILES string of the molecule is CSc1ccc(CNC(=O)C2NNNC2c2ccccc2)cc1. The monoisotopic (exact) mass is 328 g/mol. The molecule has 0 bridgehead atoms. The molecule has 4 N–H and O–H groups in total. The number of hydrogen-bond acceptors (Lipinski definition) is 5. The molecule has 2 atom stereocenters. The Kier molecular flexibility index (Phi) is 5.30. The van der Waals surface area contributed by atoms with E-state index >= 15 is 0 Å². The summed E-state index contributed by atoms with van der Waals surface area (Å²) in [7, 11) is 0. The first-order chi connectivity index (χ1) is 11.3. The van der Waals surface area contributed by atoms with Crippen LogP contribution in [0, 0.1) is 0 Å². The lowest BCUT2D eigenvalue weighted by molar-refractivity contribution is -0.123. The van der Waals surface area contributed by atoms with Gasteiger partial charge in [-0.2, -0.15) is 5.53 Å². The molecule has 1 fully saturated rings. The molecule has 5 nitrogen and oxygen atoms in total. The van der Waals surface area contributed by atoms with E-state index in [0.29, 0.717) is 6.54 Å². The summed E-state index contributed by atoms with van der Waals surface area (Å²) >= 11 is 1.71. The molecule has 1 saturated heterocycles. The number of hydrazine groups is 2. The highest BCUT2D eigenvalue weighted by Gasteiger charge is 2.33. The second kappa shape index (κ2) is 7.61. The molecular formula is C17H20N4OS. The molecule has 120 valence electrons. The van der Waals surface area contributed by atoms with Crippen molar-refractivity contribution in [3.63, 3.8) is 0 Å². The zero-order chi connectivity index (χ0) is 16.1. The third kappa shape index (κ3) is 3.92. The fraction of sp³-hybridized carbons (Fsp3) is 0.235. The van der Waals surface area contributed by atoms with E-state index in [-0.39, 0.29) is 18.0 Å². The molecule has 2 aromatic rings. The van der Waals surface area contributed by atoms with Crippen LogP contribution in [0.4, 0.5) is 0 Å². The maximum absolute atomic E-state index is 12.5. The van der Waals surface area contributed by atoms with Gasteiger partial charge in [-0.3, -0.25) is 4.79 Å². The van der Waals surface area contributed by atoms with Gasteiger partial charge in [-0.15, -0.1) is 11.8 Å². The predicted octanol–water partition coefficient (Wildman–Crippen LogP) is 1.75. The maximum Gasteiger partial charge on any atom is 0.240 e. The molecule has 1 heterocycles. The number of thioether (sulfide) groups is 1. The van der Waals surface area contributed by atoms with Crippen LogP contribution < -0.4 is 21.7 Å². The first-order valence-electron chi connectivity index (χ1n) is 7.49. The number of amides is 1. The smallest absolute Gasteiger partial charge is 0.240 e. The Morgan fingerprint density at radius 1 is 1.09 bits per heavy atom. The van der Waals surface area contributed by atoms with Crippen LogP contribution in [-0.2, 0) is 11.3 Å². The second-order valence-corrected chi connectivity index (χ2v) is 6.23. The van der Waals surface area contributed by atoms with Crippen molar-refractivity contribution in [2.75, 3.05) is 6.26 Å². The summed E-state index contributed by atoms with van der Waals surface area (Å²) in [6, 6.07) is 17.7. The molecular weight excluding hydrogens is 308 g/mol. The van der Waals surface area contributed by atoms with E-state index in [1.807, 2.05) is 48.7 Å². The number of hydrogen-bond donors (Lipinski definition) is 4. The zero-order valence-corrected chi connectivity index (χ0v) is 13.7. The van der Waals surface area contributed by atoms with Crippen LogP contribution in [0.1, 0.15) is 17.2 Å². The molecule has 2 aromatic carbocycles. The third-order valence-electron chi connectivity index (χ3n) is 3.86. The molecule has 0 radical (unpaired) electrons. The molecule has 23 heavy (non-hydrogen) atoms. The quantitative estimate of drug-likeness (QED) is 0.630. The summed E-state index contributed by atoms with van der Waals surface area (Å²) in [5, 5.41) is 2.99. The molecule has 0 spiro atoms. The van der Waals surface area contributed by atoms with Crippen molar-refractivity contribution >= 4 is 17.7 Å². The number of rotatable bonds is 5. The van der Waals surface area contributed by atoms with Gasteiger partial charge in [0.15, 0.2) is 0 Å². The fourth-order valence-corrected chi connectivity index (χ4v) is 2.97. The summed E-state index contributed by atoms with van der Waals surface area (Å²) in [6.45, 7) is 0.521. The molecule has 1 amide bonds. The van der Waals surface area contributed by atoms with Gasteiger partial charge in [-0.05, 0) is 29.5 Å². The van der Waals surface area contributed by atoms with Gasteiger partial charge in [0.05, 0.1) is 6.04 Å². The van der Waals surface area contributed by atoms with E-state index in [1.165, 1.54) is 4.90 Å². The summed E-state index contributed by atoms with van der Waals surface area (Å²) in [6.07, 6.45) is 2.05. The highest BCUT2D eigenvalue weighted by atomic mass is 32.2. The van der Waals surface area contributed by atoms with E-state index in [1.54, 1.807) is 11.8 Å². The lowest BCUT2D eigenvalue weighted by atomic mass is 10.0. The maximum atomic E-state index is 12.5. The largest absolute Gasteiger partial charge is 0.351 e. The Morgan fingerprint density at radius 2 is 1.83 bits per heavy atom. The van der Waals surface area contributed by atoms with E-state index in [4.69, 9.17) is 0 Å². The topological polar surface area (TPSA) is 65.2 Å². The Morgan fingerprint density at radius 3 is 2.52 bits per heavy atom. The molecule has 2 unspecified atom stereocenters. The van der Waals surface area contributed by atoms with Gasteiger partial charge in [0, 0.05) is 11.4 Å². The molecule has 3 rings (SSSR count). The minimum atomic E-state index is -0.358. The van der Waals surface area contributed by atoms with Crippen LogP contribution in [0.3, 0.4) is 0 Å². The van der Waals surface area contributed by atoms with Gasteiger partial charge in [0.25, 0.3) is 0 Å². The Bertz CT molecular complexity index is 647. The summed E-state index contributed by atoms with van der Waals surface area (Å²) in [5.74, 6) is -0.0368. The summed E-state index contributed by atoms with van der Waals surface area (Å²) < 4.78 is 0. The molecule has 0 aromatic heterocycles. The Balaban J connectivity index is 1.60. The average Bonchev–Trinajstić information content (AvgIpc) is 3.11. The van der Waals surface area contributed by atoms with Gasteiger partial charge >= 0.3 is 0 Å². The van der Waals surface area contributed by atoms with Crippen molar-refractivity contribution in [3.8, 4) is 0 Å². The van der Waals surface area contributed by atoms with Crippen LogP contribution in [0.25, 0.3) is 0 Å². The molecule has 1 aliphatic heterocycles. The first-order valence-corrected chi connectivity index (χ1v) is 8.72. The van der Waals surface area contributed by atoms with Crippen molar-refractivity contribution in [1.82, 2.24) is 21.7 Å². The number of benzene rings is 2. The van der Waals surface area contributed by atoms with Crippen LogP contribution >= 0.6 is 11.8 Å². The highest BCUT2D eigenvalue weighted by molar-refractivity contribution is 7.98. The lowest BCUT2D eigenvalue weighted by Crippen LogP contribution is -2.44. The van der Waals surface area contributed by atoms with Gasteiger partial charge in [0.2, 0.25) is 5.91 Å². The van der Waals surface area contributed by atoms with Crippen molar-refractivity contribution in [2.24, 2.45) is 0 Å². The molecule has 1 aliphatic rings. The Labute approximate surface area is 140 Å².